The van der Waals surface area contributed by atoms with E-state index in [1.807, 2.05) is 42.5 Å². The number of anilines is 1. The number of nitrogens with one attached hydrogen (secondary N) is 1. The van der Waals surface area contributed by atoms with E-state index in [9.17, 15) is 22.8 Å². The van der Waals surface area contributed by atoms with Crippen molar-refractivity contribution in [3.8, 4) is 11.3 Å². The molecule has 0 unspecified atom stereocenters. The number of alkyl halides is 3. The number of thiazole rings is 1. The van der Waals surface area contributed by atoms with Gasteiger partial charge in [-0.2, -0.15) is 13.2 Å². The van der Waals surface area contributed by atoms with Crippen LogP contribution in [0.15, 0.2) is 71.0 Å². The predicted octanol–water partition coefficient (Wildman–Crippen LogP) is 4.78. The Morgan fingerprint density at radius 3 is 2.63 bits per heavy atom. The second-order valence-corrected chi connectivity index (χ2v) is 7.35. The molecule has 0 fully saturated rings. The lowest BCUT2D eigenvalue weighted by molar-refractivity contribution is -0.138. The van der Waals surface area contributed by atoms with Crippen molar-refractivity contribution in [2.45, 2.75) is 12.7 Å². The van der Waals surface area contributed by atoms with Gasteiger partial charge in [0.15, 0.2) is 5.13 Å². The summed E-state index contributed by atoms with van der Waals surface area (Å²) >= 11 is 1.19. The van der Waals surface area contributed by atoms with Crippen molar-refractivity contribution in [1.29, 1.82) is 0 Å². The molecule has 0 radical (unpaired) electrons. The molecule has 4 rings (SSSR count). The minimum Gasteiger partial charge on any atom is -0.305 e. The van der Waals surface area contributed by atoms with Crippen LogP contribution in [0.4, 0.5) is 18.3 Å². The highest BCUT2D eigenvalue weighted by Gasteiger charge is 2.31. The van der Waals surface area contributed by atoms with E-state index < -0.39 is 29.8 Å². The number of amides is 1. The fraction of sp³-hybridized carbons (Fsp3) is 0.0952. The molecule has 0 bridgehead atoms. The number of aromatic nitrogens is 2. The van der Waals surface area contributed by atoms with Crippen molar-refractivity contribution in [2.75, 3.05) is 5.32 Å². The van der Waals surface area contributed by atoms with Crippen LogP contribution in [0, 0.1) is 0 Å². The van der Waals surface area contributed by atoms with Gasteiger partial charge in [0.05, 0.1) is 11.3 Å². The smallest absolute Gasteiger partial charge is 0.305 e. The molecule has 5 nitrogen and oxygen atoms in total. The SMILES string of the molecule is O=C(Cn1cc(C(F)(F)F)ccc1=O)Nc1nc(-c2cccc3ccccc23)cs1. The minimum atomic E-state index is -4.60. The summed E-state index contributed by atoms with van der Waals surface area (Å²) in [7, 11) is 0. The fourth-order valence-electron chi connectivity index (χ4n) is 3.04. The maximum absolute atomic E-state index is 12.8. The van der Waals surface area contributed by atoms with Crippen LogP contribution in [-0.4, -0.2) is 15.5 Å². The van der Waals surface area contributed by atoms with Crippen LogP contribution in [0.3, 0.4) is 0 Å². The summed E-state index contributed by atoms with van der Waals surface area (Å²) in [6, 6.07) is 15.1. The van der Waals surface area contributed by atoms with Crippen molar-refractivity contribution in [1.82, 2.24) is 9.55 Å². The lowest BCUT2D eigenvalue weighted by Crippen LogP contribution is -2.28. The first-order chi connectivity index (χ1) is 14.3. The number of rotatable bonds is 4. The van der Waals surface area contributed by atoms with E-state index in [4.69, 9.17) is 0 Å². The van der Waals surface area contributed by atoms with Gasteiger partial charge in [0.2, 0.25) is 5.91 Å². The number of hydrogen-bond acceptors (Lipinski definition) is 4. The van der Waals surface area contributed by atoms with Gasteiger partial charge in [-0.1, -0.05) is 42.5 Å². The predicted molar refractivity (Wildman–Crippen MR) is 109 cm³/mol. The van der Waals surface area contributed by atoms with Gasteiger partial charge in [-0.25, -0.2) is 4.98 Å². The van der Waals surface area contributed by atoms with Crippen molar-refractivity contribution in [3.05, 3.63) is 82.1 Å². The van der Waals surface area contributed by atoms with Crippen molar-refractivity contribution >= 4 is 33.1 Å². The van der Waals surface area contributed by atoms with Crippen molar-refractivity contribution < 1.29 is 18.0 Å². The molecule has 0 saturated carbocycles. The Balaban J connectivity index is 1.53. The topological polar surface area (TPSA) is 64.0 Å². The molecular formula is C21H14F3N3O2S. The Morgan fingerprint density at radius 1 is 1.07 bits per heavy atom. The number of hydrogen-bond donors (Lipinski definition) is 1. The van der Waals surface area contributed by atoms with Crippen LogP contribution in [0.25, 0.3) is 22.0 Å². The summed E-state index contributed by atoms with van der Waals surface area (Å²) in [6.45, 7) is -0.550. The maximum Gasteiger partial charge on any atom is 0.417 e. The summed E-state index contributed by atoms with van der Waals surface area (Å²) in [5, 5.41) is 6.69. The highest BCUT2D eigenvalue weighted by atomic mass is 32.1. The van der Waals surface area contributed by atoms with Gasteiger partial charge in [0, 0.05) is 23.2 Å². The van der Waals surface area contributed by atoms with Crippen LogP contribution in [0.5, 0.6) is 0 Å². The first-order valence-corrected chi connectivity index (χ1v) is 9.70. The maximum atomic E-state index is 12.8. The molecular weight excluding hydrogens is 415 g/mol. The van der Waals surface area contributed by atoms with Gasteiger partial charge < -0.3 is 9.88 Å². The number of carbonyl (C=O) groups excluding carboxylic acids is 1. The first-order valence-electron chi connectivity index (χ1n) is 8.82. The monoisotopic (exact) mass is 429 g/mol. The van der Waals surface area contributed by atoms with Crippen LogP contribution in [-0.2, 0) is 17.5 Å². The van der Waals surface area contributed by atoms with Gasteiger partial charge in [-0.05, 0) is 16.8 Å². The normalized spacial score (nSPS) is 11.6. The highest BCUT2D eigenvalue weighted by molar-refractivity contribution is 7.14. The lowest BCUT2D eigenvalue weighted by Gasteiger charge is -2.10. The van der Waals surface area contributed by atoms with E-state index >= 15 is 0 Å². The van der Waals surface area contributed by atoms with E-state index in [1.54, 1.807) is 5.38 Å². The lowest BCUT2D eigenvalue weighted by atomic mass is 10.0. The van der Waals surface area contributed by atoms with E-state index in [0.29, 0.717) is 23.1 Å². The van der Waals surface area contributed by atoms with Crippen LogP contribution >= 0.6 is 11.3 Å². The van der Waals surface area contributed by atoms with E-state index in [0.717, 1.165) is 27.0 Å². The van der Waals surface area contributed by atoms with E-state index in [2.05, 4.69) is 10.3 Å². The highest BCUT2D eigenvalue weighted by Crippen LogP contribution is 2.31. The molecule has 9 heteroatoms. The molecule has 0 saturated heterocycles. The number of halogens is 3. The summed E-state index contributed by atoms with van der Waals surface area (Å²) in [4.78, 5) is 28.5. The third-order valence-corrected chi connectivity index (χ3v) is 5.20. The number of carbonyl (C=O) groups is 1. The van der Waals surface area contributed by atoms with Gasteiger partial charge in [-0.15, -0.1) is 11.3 Å². The molecule has 2 heterocycles. The van der Waals surface area contributed by atoms with Crippen LogP contribution < -0.4 is 10.9 Å². The molecule has 0 aliphatic heterocycles. The number of pyridine rings is 1. The molecule has 0 aliphatic rings. The Labute approximate surface area is 172 Å². The van der Waals surface area contributed by atoms with Gasteiger partial charge in [0.1, 0.15) is 6.54 Å². The van der Waals surface area contributed by atoms with Crippen molar-refractivity contribution in [3.63, 3.8) is 0 Å². The summed E-state index contributed by atoms with van der Waals surface area (Å²) in [5.41, 5.74) is -0.126. The summed E-state index contributed by atoms with van der Waals surface area (Å²) < 4.78 is 39.2. The van der Waals surface area contributed by atoms with E-state index in [1.165, 1.54) is 11.3 Å². The van der Waals surface area contributed by atoms with E-state index in [-0.39, 0.29) is 0 Å². The third-order valence-electron chi connectivity index (χ3n) is 4.44. The second kappa shape index (κ2) is 7.75. The molecule has 152 valence electrons. The average molecular weight is 429 g/mol. The first kappa shape index (κ1) is 19.8. The molecule has 0 atom stereocenters. The Kier molecular flexibility index (Phi) is 5.13. The zero-order chi connectivity index (χ0) is 21.3. The van der Waals surface area contributed by atoms with Gasteiger partial charge >= 0.3 is 6.18 Å². The minimum absolute atomic E-state index is 0.294. The molecule has 30 heavy (non-hydrogen) atoms. The standard InChI is InChI=1S/C21H14F3N3O2S/c22-21(23,24)14-8-9-19(29)27(10-14)11-18(28)26-20-25-17(12-30-20)16-7-3-5-13-4-1-2-6-15(13)16/h1-10,12H,11H2,(H,25,26,28). The van der Waals surface area contributed by atoms with Crippen LogP contribution in [0.1, 0.15) is 5.56 Å². The summed E-state index contributed by atoms with van der Waals surface area (Å²) in [5.74, 6) is -0.643. The quantitative estimate of drug-likeness (QED) is 0.508. The van der Waals surface area contributed by atoms with Gasteiger partial charge in [-0.3, -0.25) is 9.59 Å². The zero-order valence-electron chi connectivity index (χ0n) is 15.3. The molecule has 2 aromatic carbocycles. The molecule has 0 aliphatic carbocycles. The van der Waals surface area contributed by atoms with Crippen LogP contribution in [0.2, 0.25) is 0 Å². The molecule has 2 aromatic heterocycles. The fourth-order valence-corrected chi connectivity index (χ4v) is 3.77. The molecule has 1 N–H and O–H groups in total. The Bertz CT molecular complexity index is 1290. The number of benzene rings is 2. The number of nitrogens with zero attached hydrogens (tertiary/aromatic N) is 2. The third kappa shape index (κ3) is 4.11. The number of fused-ring (bicyclic) bond motifs is 1. The molecule has 0 spiro atoms. The molecule has 4 aromatic rings. The average Bonchev–Trinajstić information content (AvgIpc) is 3.16. The van der Waals surface area contributed by atoms with Gasteiger partial charge in [0.25, 0.3) is 5.56 Å². The summed E-state index contributed by atoms with van der Waals surface area (Å²) in [6.07, 6.45) is -3.97. The Hall–Kier alpha value is -3.46. The molecule has 1 amide bonds. The zero-order valence-corrected chi connectivity index (χ0v) is 16.1. The van der Waals surface area contributed by atoms with Crippen molar-refractivity contribution in [2.24, 2.45) is 0 Å². The largest absolute Gasteiger partial charge is 0.417 e. The second-order valence-electron chi connectivity index (χ2n) is 6.49. The Morgan fingerprint density at radius 2 is 1.83 bits per heavy atom.